The summed E-state index contributed by atoms with van der Waals surface area (Å²) in [6, 6.07) is 12.7. The average molecular weight is 516 g/mol. The molecule has 1 heterocycles. The minimum Gasteiger partial charge on any atom is -0.427 e. The van der Waals surface area contributed by atoms with E-state index in [9.17, 15) is 27.5 Å². The van der Waals surface area contributed by atoms with Gasteiger partial charge in [0.25, 0.3) is 5.91 Å². The zero-order valence-electron chi connectivity index (χ0n) is 20.8. The minimum absolute atomic E-state index is 0.0430. The Balaban J connectivity index is 1.73. The van der Waals surface area contributed by atoms with E-state index in [4.69, 9.17) is 4.65 Å². The molecule has 0 aliphatic rings. The maximum absolute atomic E-state index is 13.3. The average Bonchev–Trinajstić information content (AvgIpc) is 2.82. The molecule has 1 aromatic heterocycles. The topological polar surface area (TPSA) is 83.5 Å². The Morgan fingerprint density at radius 3 is 2.22 bits per heavy atom. The van der Waals surface area contributed by atoms with Crippen LogP contribution >= 0.6 is 0 Å². The van der Waals surface area contributed by atoms with Gasteiger partial charge < -0.3 is 20.4 Å². The van der Waals surface area contributed by atoms with Gasteiger partial charge in [0.2, 0.25) is 0 Å². The molecule has 1 radical (unpaired) electrons. The third-order valence-electron chi connectivity index (χ3n) is 5.96. The molecule has 6 nitrogen and oxygen atoms in total. The van der Waals surface area contributed by atoms with Crippen molar-refractivity contribution in [3.8, 4) is 0 Å². The highest BCUT2D eigenvalue weighted by atomic mass is 19.4. The van der Waals surface area contributed by atoms with Crippen molar-refractivity contribution in [3.63, 3.8) is 0 Å². The first-order chi connectivity index (χ1) is 17.2. The normalized spacial score (nSPS) is 12.2. The molecule has 0 saturated heterocycles. The van der Waals surface area contributed by atoms with Gasteiger partial charge in [0.1, 0.15) is 11.6 Å². The summed E-state index contributed by atoms with van der Waals surface area (Å²) in [6.45, 7) is 7.01. The quantitative estimate of drug-likeness (QED) is 0.278. The summed E-state index contributed by atoms with van der Waals surface area (Å²) in [6.07, 6.45) is -4.04. The van der Waals surface area contributed by atoms with Crippen molar-refractivity contribution < 1.29 is 32.1 Å². The first-order valence-electron chi connectivity index (χ1n) is 11.4. The summed E-state index contributed by atoms with van der Waals surface area (Å²) in [5, 5.41) is 15.6. The molecule has 2 aromatic carbocycles. The lowest BCUT2D eigenvalue weighted by atomic mass is 9.82. The van der Waals surface area contributed by atoms with Crippen LogP contribution < -0.4 is 16.1 Å². The number of anilines is 2. The van der Waals surface area contributed by atoms with Crippen LogP contribution in [0.15, 0.2) is 60.8 Å². The standard InChI is InChI=1S/C26H27BF4N3O3/c1-24(2,36)25(3,4)37-27-18-7-5-16(6-8-18)14-32-22-21(13-17(15-33-22)26(29,30)31)23(35)34-20-11-9-19(28)10-12-20/h5-13,15,36H,14H2,1-4H3,(H,32,33)(H,34,35). The Kier molecular flexibility index (Phi) is 8.29. The number of aliphatic hydroxyl groups is 1. The summed E-state index contributed by atoms with van der Waals surface area (Å²) < 4.78 is 58.7. The largest absolute Gasteiger partial charge is 0.427 e. The Morgan fingerprint density at radius 1 is 1.03 bits per heavy atom. The van der Waals surface area contributed by atoms with Crippen LogP contribution in [0.5, 0.6) is 0 Å². The van der Waals surface area contributed by atoms with E-state index in [2.05, 4.69) is 15.6 Å². The van der Waals surface area contributed by atoms with Crippen LogP contribution in [0.3, 0.4) is 0 Å². The second-order valence-corrected chi connectivity index (χ2v) is 9.48. The molecule has 1 amide bonds. The van der Waals surface area contributed by atoms with E-state index < -0.39 is 34.7 Å². The van der Waals surface area contributed by atoms with Crippen molar-refractivity contribution in [2.45, 2.75) is 51.6 Å². The lowest BCUT2D eigenvalue weighted by Crippen LogP contribution is -2.49. The SMILES string of the molecule is CC(C)(O)C(C)(C)O[B]c1ccc(CNc2ncc(C(F)(F)F)cc2C(=O)Nc2ccc(F)cc2)cc1. The number of hydrogen-bond acceptors (Lipinski definition) is 5. The zero-order valence-corrected chi connectivity index (χ0v) is 20.8. The van der Waals surface area contributed by atoms with Gasteiger partial charge in [-0.05, 0) is 63.6 Å². The van der Waals surface area contributed by atoms with Crippen molar-refractivity contribution in [2.24, 2.45) is 0 Å². The molecule has 0 bridgehead atoms. The number of pyridine rings is 1. The number of halogens is 4. The van der Waals surface area contributed by atoms with Crippen molar-refractivity contribution >= 4 is 30.4 Å². The van der Waals surface area contributed by atoms with E-state index in [-0.39, 0.29) is 23.6 Å². The lowest BCUT2D eigenvalue weighted by Gasteiger charge is -2.37. The molecule has 37 heavy (non-hydrogen) atoms. The van der Waals surface area contributed by atoms with Crippen LogP contribution in [0.4, 0.5) is 29.1 Å². The van der Waals surface area contributed by atoms with Crippen molar-refractivity contribution in [1.82, 2.24) is 4.98 Å². The molecule has 3 aromatic rings. The number of hydrogen-bond donors (Lipinski definition) is 3. The number of amides is 1. The first kappa shape index (κ1) is 28.1. The predicted octanol–water partition coefficient (Wildman–Crippen LogP) is 4.91. The van der Waals surface area contributed by atoms with Gasteiger partial charge in [0, 0.05) is 18.4 Å². The van der Waals surface area contributed by atoms with E-state index in [1.807, 2.05) is 0 Å². The van der Waals surface area contributed by atoms with Crippen LogP contribution in [0.2, 0.25) is 0 Å². The molecule has 0 fully saturated rings. The van der Waals surface area contributed by atoms with Gasteiger partial charge in [-0.25, -0.2) is 9.37 Å². The van der Waals surface area contributed by atoms with E-state index in [1.54, 1.807) is 52.0 Å². The second kappa shape index (κ2) is 10.9. The molecule has 0 aliphatic heterocycles. The van der Waals surface area contributed by atoms with Crippen molar-refractivity contribution in [3.05, 3.63) is 83.3 Å². The van der Waals surface area contributed by atoms with Gasteiger partial charge in [-0.15, -0.1) is 0 Å². The van der Waals surface area contributed by atoms with Crippen LogP contribution in [0, 0.1) is 5.82 Å². The van der Waals surface area contributed by atoms with E-state index in [0.717, 1.165) is 23.2 Å². The molecule has 0 atom stereocenters. The Morgan fingerprint density at radius 2 is 1.65 bits per heavy atom. The molecule has 3 N–H and O–H groups in total. The maximum atomic E-state index is 13.3. The summed E-state index contributed by atoms with van der Waals surface area (Å²) in [5.74, 6) is -1.39. The molecular formula is C26H27BF4N3O3. The fourth-order valence-corrected chi connectivity index (χ4v) is 2.92. The van der Waals surface area contributed by atoms with Gasteiger partial charge in [-0.2, -0.15) is 13.2 Å². The molecule has 0 saturated carbocycles. The molecule has 0 unspecified atom stereocenters. The minimum atomic E-state index is -4.69. The van der Waals surface area contributed by atoms with Gasteiger partial charge >= 0.3 is 13.7 Å². The predicted molar refractivity (Wildman–Crippen MR) is 134 cm³/mol. The van der Waals surface area contributed by atoms with E-state index in [0.29, 0.717) is 12.3 Å². The fourth-order valence-electron chi connectivity index (χ4n) is 2.92. The number of benzene rings is 2. The van der Waals surface area contributed by atoms with Crippen LogP contribution in [0.25, 0.3) is 0 Å². The third kappa shape index (κ3) is 7.53. The highest BCUT2D eigenvalue weighted by Gasteiger charge is 2.35. The second-order valence-electron chi connectivity index (χ2n) is 9.48. The molecule has 3 rings (SSSR count). The Hall–Kier alpha value is -3.44. The van der Waals surface area contributed by atoms with Crippen LogP contribution in [-0.2, 0) is 17.4 Å². The summed E-state index contributed by atoms with van der Waals surface area (Å²) >= 11 is 0. The van der Waals surface area contributed by atoms with Gasteiger partial charge in [-0.1, -0.05) is 29.7 Å². The number of carbonyl (C=O) groups excluding carboxylic acids is 1. The fraction of sp³-hybridized carbons (Fsp3) is 0.308. The van der Waals surface area contributed by atoms with Gasteiger partial charge in [0.05, 0.1) is 22.3 Å². The molecule has 11 heteroatoms. The van der Waals surface area contributed by atoms with Gasteiger partial charge in [-0.3, -0.25) is 4.79 Å². The monoisotopic (exact) mass is 516 g/mol. The first-order valence-corrected chi connectivity index (χ1v) is 11.4. The number of nitrogens with one attached hydrogen (secondary N) is 2. The van der Waals surface area contributed by atoms with Crippen LogP contribution in [0.1, 0.15) is 49.2 Å². The molecule has 0 aliphatic carbocycles. The number of alkyl halides is 3. The molecular weight excluding hydrogens is 489 g/mol. The maximum Gasteiger partial charge on any atom is 0.417 e. The summed E-state index contributed by atoms with van der Waals surface area (Å²) in [4.78, 5) is 16.6. The molecule has 195 valence electrons. The smallest absolute Gasteiger partial charge is 0.417 e. The van der Waals surface area contributed by atoms with E-state index >= 15 is 0 Å². The number of nitrogens with zero attached hydrogens (tertiary/aromatic N) is 1. The Bertz CT molecular complexity index is 1230. The third-order valence-corrected chi connectivity index (χ3v) is 5.96. The summed E-state index contributed by atoms with van der Waals surface area (Å²) in [7, 11) is 1.53. The number of rotatable bonds is 9. The van der Waals surface area contributed by atoms with Crippen LogP contribution in [-0.4, -0.2) is 34.7 Å². The van der Waals surface area contributed by atoms with Gasteiger partial charge in [0.15, 0.2) is 0 Å². The van der Waals surface area contributed by atoms with Crippen molar-refractivity contribution in [1.29, 1.82) is 0 Å². The molecule has 0 spiro atoms. The lowest BCUT2D eigenvalue weighted by molar-refractivity contribution is -0.137. The summed E-state index contributed by atoms with van der Waals surface area (Å²) in [5.41, 5.74) is -1.55. The highest BCUT2D eigenvalue weighted by molar-refractivity contribution is 6.47. The van der Waals surface area contributed by atoms with E-state index in [1.165, 1.54) is 19.6 Å². The van der Waals surface area contributed by atoms with Crippen molar-refractivity contribution in [2.75, 3.05) is 10.6 Å². The Labute approximate surface area is 213 Å². The zero-order chi connectivity index (χ0) is 27.4. The highest BCUT2D eigenvalue weighted by Crippen LogP contribution is 2.31. The number of carbonyl (C=O) groups is 1. The number of aromatic nitrogens is 1.